The van der Waals surface area contributed by atoms with Gasteiger partial charge in [0.05, 0.1) is 19.8 Å². The highest BCUT2D eigenvalue weighted by Gasteiger charge is 2.28. The molecule has 0 saturated carbocycles. The van der Waals surface area contributed by atoms with Crippen molar-refractivity contribution < 1.29 is 4.74 Å². The smallest absolute Gasteiger partial charge is 0.191 e. The number of rotatable bonds is 9. The fraction of sp³-hybridized carbons (Fsp3) is 0.952. The summed E-state index contributed by atoms with van der Waals surface area (Å²) >= 11 is 0. The first kappa shape index (κ1) is 23.4. The Balaban J connectivity index is 1.77. The van der Waals surface area contributed by atoms with Gasteiger partial charge in [0.25, 0.3) is 0 Å². The van der Waals surface area contributed by atoms with E-state index in [0.717, 1.165) is 58.4 Å². The number of piperazine rings is 1. The van der Waals surface area contributed by atoms with Gasteiger partial charge < -0.3 is 25.2 Å². The van der Waals surface area contributed by atoms with Gasteiger partial charge in [-0.05, 0) is 33.2 Å². The molecule has 0 aromatic carbocycles. The highest BCUT2D eigenvalue weighted by atomic mass is 16.5. The molecule has 2 rings (SSSR count). The SMILES string of the molecule is CCNC(=NCC(C)(C)N1CCOCC1)NCC(C)CN1CCN(CC)CC1. The van der Waals surface area contributed by atoms with Crippen molar-refractivity contribution >= 4 is 5.96 Å². The maximum atomic E-state index is 5.49. The zero-order valence-electron chi connectivity index (χ0n) is 19.0. The number of likely N-dealkylation sites (N-methyl/N-ethyl adjacent to an activating group) is 1. The molecule has 2 aliphatic rings. The lowest BCUT2D eigenvalue weighted by molar-refractivity contribution is -0.00684. The third-order valence-corrected chi connectivity index (χ3v) is 5.94. The third-order valence-electron chi connectivity index (χ3n) is 5.94. The monoisotopic (exact) mass is 396 g/mol. The minimum absolute atomic E-state index is 0.0523. The lowest BCUT2D eigenvalue weighted by Gasteiger charge is -2.40. The Morgan fingerprint density at radius 1 is 1.00 bits per heavy atom. The van der Waals surface area contributed by atoms with Gasteiger partial charge in [-0.1, -0.05) is 13.8 Å². The molecule has 0 aliphatic carbocycles. The Morgan fingerprint density at radius 3 is 2.25 bits per heavy atom. The predicted molar refractivity (Wildman–Crippen MR) is 118 cm³/mol. The van der Waals surface area contributed by atoms with Crippen LogP contribution in [0.2, 0.25) is 0 Å². The van der Waals surface area contributed by atoms with Gasteiger partial charge in [0.1, 0.15) is 0 Å². The Morgan fingerprint density at radius 2 is 1.64 bits per heavy atom. The Labute approximate surface area is 172 Å². The number of guanidine groups is 1. The van der Waals surface area contributed by atoms with E-state index >= 15 is 0 Å². The van der Waals surface area contributed by atoms with Crippen molar-refractivity contribution in [3.8, 4) is 0 Å². The number of nitrogens with one attached hydrogen (secondary N) is 2. The van der Waals surface area contributed by atoms with Gasteiger partial charge in [0.2, 0.25) is 0 Å². The molecule has 164 valence electrons. The van der Waals surface area contributed by atoms with Gasteiger partial charge in [-0.25, -0.2) is 0 Å². The molecule has 28 heavy (non-hydrogen) atoms. The molecule has 7 heteroatoms. The molecule has 0 amide bonds. The second-order valence-corrected chi connectivity index (χ2v) is 8.83. The number of morpholine rings is 1. The molecular formula is C21H44N6O. The van der Waals surface area contributed by atoms with Crippen molar-refractivity contribution in [3.05, 3.63) is 0 Å². The molecule has 0 aromatic heterocycles. The van der Waals surface area contributed by atoms with Crippen LogP contribution >= 0.6 is 0 Å². The molecule has 2 aliphatic heterocycles. The van der Waals surface area contributed by atoms with Crippen molar-refractivity contribution in [1.29, 1.82) is 0 Å². The van der Waals surface area contributed by atoms with Crippen LogP contribution in [0.3, 0.4) is 0 Å². The largest absolute Gasteiger partial charge is 0.379 e. The molecule has 2 N–H and O–H groups in total. The molecule has 7 nitrogen and oxygen atoms in total. The van der Waals surface area contributed by atoms with Crippen LogP contribution in [0.1, 0.15) is 34.6 Å². The van der Waals surface area contributed by atoms with Gasteiger partial charge in [0, 0.05) is 64.4 Å². The summed E-state index contributed by atoms with van der Waals surface area (Å²) in [6.07, 6.45) is 0. The molecule has 0 bridgehead atoms. The zero-order chi connectivity index (χ0) is 20.4. The summed E-state index contributed by atoms with van der Waals surface area (Å²) in [7, 11) is 0. The van der Waals surface area contributed by atoms with Crippen molar-refractivity contribution in [3.63, 3.8) is 0 Å². The minimum Gasteiger partial charge on any atom is -0.379 e. The van der Waals surface area contributed by atoms with Gasteiger partial charge in [-0.3, -0.25) is 9.89 Å². The third kappa shape index (κ3) is 7.85. The first-order valence-corrected chi connectivity index (χ1v) is 11.2. The van der Waals surface area contributed by atoms with E-state index in [9.17, 15) is 0 Å². The summed E-state index contributed by atoms with van der Waals surface area (Å²) in [4.78, 5) is 12.5. The first-order valence-electron chi connectivity index (χ1n) is 11.2. The van der Waals surface area contributed by atoms with Crippen LogP contribution in [-0.2, 0) is 4.74 Å². The highest BCUT2D eigenvalue weighted by molar-refractivity contribution is 5.79. The van der Waals surface area contributed by atoms with Crippen LogP contribution in [0.15, 0.2) is 4.99 Å². The van der Waals surface area contributed by atoms with Crippen LogP contribution in [0, 0.1) is 5.92 Å². The first-order chi connectivity index (χ1) is 13.4. The topological polar surface area (TPSA) is 55.4 Å². The van der Waals surface area contributed by atoms with Crippen LogP contribution in [0.25, 0.3) is 0 Å². The van der Waals surface area contributed by atoms with Crippen molar-refractivity contribution in [2.24, 2.45) is 10.9 Å². The second-order valence-electron chi connectivity index (χ2n) is 8.83. The lowest BCUT2D eigenvalue weighted by atomic mass is 10.0. The molecule has 1 atom stereocenters. The normalized spacial score (nSPS) is 22.2. The molecule has 0 aromatic rings. The standard InChI is InChI=1S/C21H44N6O/c1-6-22-20(24-18-21(4,5)27-12-14-28-15-13-27)23-16-19(3)17-26-10-8-25(7-2)9-11-26/h19H,6-18H2,1-5H3,(H2,22,23,24). The van der Waals surface area contributed by atoms with E-state index < -0.39 is 0 Å². The van der Waals surface area contributed by atoms with E-state index in [1.54, 1.807) is 0 Å². The van der Waals surface area contributed by atoms with Crippen LogP contribution in [0.5, 0.6) is 0 Å². The molecule has 2 fully saturated rings. The molecule has 2 heterocycles. The van der Waals surface area contributed by atoms with Gasteiger partial charge in [-0.2, -0.15) is 0 Å². The van der Waals surface area contributed by atoms with Crippen LogP contribution < -0.4 is 10.6 Å². The Kier molecular flexibility index (Phi) is 9.99. The lowest BCUT2D eigenvalue weighted by Crippen LogP contribution is -2.52. The highest BCUT2D eigenvalue weighted by Crippen LogP contribution is 2.16. The number of aliphatic imine (C=N–C) groups is 1. The number of hydrogen-bond acceptors (Lipinski definition) is 5. The van der Waals surface area contributed by atoms with Crippen molar-refractivity contribution in [2.75, 3.05) is 85.2 Å². The van der Waals surface area contributed by atoms with E-state index in [-0.39, 0.29) is 5.54 Å². The summed E-state index contributed by atoms with van der Waals surface area (Å²) in [5.41, 5.74) is 0.0523. The van der Waals surface area contributed by atoms with E-state index in [1.807, 2.05) is 0 Å². The summed E-state index contributed by atoms with van der Waals surface area (Å²) in [5.74, 6) is 1.54. The van der Waals surface area contributed by atoms with E-state index in [2.05, 4.69) is 60.0 Å². The average Bonchev–Trinajstić information content (AvgIpc) is 2.71. The number of ether oxygens (including phenoxy) is 1. The summed E-state index contributed by atoms with van der Waals surface area (Å²) < 4.78 is 5.49. The van der Waals surface area contributed by atoms with Crippen molar-refractivity contribution in [1.82, 2.24) is 25.3 Å². The van der Waals surface area contributed by atoms with Gasteiger partial charge in [-0.15, -0.1) is 0 Å². The summed E-state index contributed by atoms with van der Waals surface area (Å²) in [6, 6.07) is 0. The molecule has 0 spiro atoms. The van der Waals surface area contributed by atoms with Crippen LogP contribution in [0.4, 0.5) is 0 Å². The molecular weight excluding hydrogens is 352 g/mol. The fourth-order valence-electron chi connectivity index (χ4n) is 3.95. The van der Waals surface area contributed by atoms with E-state index in [1.165, 1.54) is 32.7 Å². The molecule has 2 saturated heterocycles. The maximum absolute atomic E-state index is 5.49. The van der Waals surface area contributed by atoms with Gasteiger partial charge in [0.15, 0.2) is 5.96 Å². The van der Waals surface area contributed by atoms with E-state index in [4.69, 9.17) is 9.73 Å². The molecule has 0 radical (unpaired) electrons. The average molecular weight is 397 g/mol. The van der Waals surface area contributed by atoms with Crippen molar-refractivity contribution in [2.45, 2.75) is 40.2 Å². The zero-order valence-corrected chi connectivity index (χ0v) is 19.0. The number of hydrogen-bond donors (Lipinski definition) is 2. The summed E-state index contributed by atoms with van der Waals surface area (Å²) in [5, 5.41) is 6.97. The van der Waals surface area contributed by atoms with Crippen LogP contribution in [-0.4, -0.2) is 111 Å². The minimum atomic E-state index is 0.0523. The fourth-order valence-corrected chi connectivity index (χ4v) is 3.95. The maximum Gasteiger partial charge on any atom is 0.191 e. The Hall–Kier alpha value is -0.890. The Bertz CT molecular complexity index is 456. The second kappa shape index (κ2) is 12.0. The quantitative estimate of drug-likeness (QED) is 0.447. The molecule has 1 unspecified atom stereocenters. The van der Waals surface area contributed by atoms with E-state index in [0.29, 0.717) is 5.92 Å². The number of nitrogens with zero attached hydrogens (tertiary/aromatic N) is 4. The summed E-state index contributed by atoms with van der Waals surface area (Å²) in [6.45, 7) is 24.7. The van der Waals surface area contributed by atoms with Gasteiger partial charge >= 0.3 is 0 Å². The predicted octanol–water partition coefficient (Wildman–Crippen LogP) is 0.926.